The Hall–Kier alpha value is -2.11. The van der Waals surface area contributed by atoms with E-state index < -0.39 is 16.0 Å². The summed E-state index contributed by atoms with van der Waals surface area (Å²) in [5.74, 6) is -0.437. The van der Waals surface area contributed by atoms with Gasteiger partial charge in [0.15, 0.2) is 0 Å². The highest BCUT2D eigenvalue weighted by molar-refractivity contribution is 8.04. The quantitative estimate of drug-likeness (QED) is 0.412. The van der Waals surface area contributed by atoms with E-state index in [2.05, 4.69) is 4.74 Å². The summed E-state index contributed by atoms with van der Waals surface area (Å²) in [7, 11) is -2.41. The highest BCUT2D eigenvalue weighted by Gasteiger charge is 2.27. The Morgan fingerprint density at radius 1 is 1.24 bits per heavy atom. The fourth-order valence-electron chi connectivity index (χ4n) is 2.88. The van der Waals surface area contributed by atoms with Crippen molar-refractivity contribution in [2.75, 3.05) is 32.5 Å². The van der Waals surface area contributed by atoms with Gasteiger partial charge in [0, 0.05) is 38.4 Å². The molecule has 0 saturated carbocycles. The van der Waals surface area contributed by atoms with E-state index in [4.69, 9.17) is 0 Å². The van der Waals surface area contributed by atoms with Crippen LogP contribution in [-0.2, 0) is 30.9 Å². The van der Waals surface area contributed by atoms with Crippen LogP contribution in [0, 0.1) is 0 Å². The van der Waals surface area contributed by atoms with Crippen molar-refractivity contribution in [1.82, 2.24) is 13.8 Å². The Bertz CT molecular complexity index is 951. The normalized spacial score (nSPS) is 16.1. The lowest BCUT2D eigenvalue weighted by Crippen LogP contribution is -2.32. The smallest absolute Gasteiger partial charge is 0.333 e. The van der Waals surface area contributed by atoms with Gasteiger partial charge in [-0.3, -0.25) is 9.59 Å². The number of rotatable bonds is 9. The van der Waals surface area contributed by atoms with Crippen LogP contribution < -0.4 is 5.56 Å². The molecule has 2 heterocycles. The van der Waals surface area contributed by atoms with Crippen LogP contribution in [0.25, 0.3) is 0 Å². The summed E-state index contributed by atoms with van der Waals surface area (Å²) in [6.07, 6.45) is 3.01. The minimum Gasteiger partial charge on any atom is -0.466 e. The molecule has 0 bridgehead atoms. The van der Waals surface area contributed by atoms with Crippen LogP contribution in [0.2, 0.25) is 0 Å². The van der Waals surface area contributed by atoms with Crippen LogP contribution in [0.3, 0.4) is 0 Å². The molecule has 0 spiro atoms. The molecule has 0 aromatic carbocycles. The lowest BCUT2D eigenvalue weighted by molar-refractivity contribution is -0.134. The van der Waals surface area contributed by atoms with Crippen LogP contribution in [0.5, 0.6) is 0 Å². The van der Waals surface area contributed by atoms with Crippen LogP contribution >= 0.6 is 11.8 Å². The molecule has 1 fully saturated rings. The number of aromatic nitrogens is 1. The summed E-state index contributed by atoms with van der Waals surface area (Å²) >= 11 is 1.25. The van der Waals surface area contributed by atoms with E-state index in [0.29, 0.717) is 31.1 Å². The maximum atomic E-state index is 12.7. The molecule has 0 atom stereocenters. The standard InChI is InChI=1S/C18H25N3O6S2/c1-4-20(5-2)29(25,26)14-7-8-15(22)19(12-14)9-6-10-21-16(23)13-28-17(21)11-18(24)27-3/h7-8,11-12H,4-6,9-10,13H2,1-3H3/b17-11-. The number of ether oxygens (including phenoxy) is 1. The average molecular weight is 444 g/mol. The first kappa shape index (κ1) is 23.2. The number of thioether (sulfide) groups is 1. The van der Waals surface area contributed by atoms with E-state index in [1.807, 2.05) is 0 Å². The van der Waals surface area contributed by atoms with Gasteiger partial charge in [-0.05, 0) is 12.5 Å². The third-order valence-electron chi connectivity index (χ3n) is 4.43. The second kappa shape index (κ2) is 10.1. The van der Waals surface area contributed by atoms with Gasteiger partial charge in [-0.15, -0.1) is 0 Å². The van der Waals surface area contributed by atoms with Crippen molar-refractivity contribution in [2.45, 2.75) is 31.7 Å². The molecule has 1 aliphatic heterocycles. The Labute approximate surface area is 174 Å². The maximum absolute atomic E-state index is 12.7. The van der Waals surface area contributed by atoms with Crippen LogP contribution in [0.1, 0.15) is 20.3 Å². The molecule has 0 radical (unpaired) electrons. The molecule has 160 valence electrons. The predicted octanol–water partition coefficient (Wildman–Crippen LogP) is 0.859. The number of carbonyl (C=O) groups excluding carboxylic acids is 2. The summed E-state index contributed by atoms with van der Waals surface area (Å²) in [6, 6.07) is 2.54. The number of nitrogens with zero attached hydrogens (tertiary/aromatic N) is 3. The van der Waals surface area contributed by atoms with Gasteiger partial charge in [0.2, 0.25) is 15.9 Å². The Kier molecular flexibility index (Phi) is 8.05. The summed E-state index contributed by atoms with van der Waals surface area (Å²) < 4.78 is 32.6. The number of methoxy groups -OCH3 is 1. The first-order valence-electron chi connectivity index (χ1n) is 9.18. The first-order chi connectivity index (χ1) is 13.7. The monoisotopic (exact) mass is 443 g/mol. The molecule has 0 unspecified atom stereocenters. The number of esters is 1. The van der Waals surface area contributed by atoms with Crippen LogP contribution in [0.15, 0.2) is 39.1 Å². The molecule has 1 aromatic heterocycles. The van der Waals surface area contributed by atoms with Crippen LogP contribution in [-0.4, -0.2) is 66.6 Å². The number of hydrogen-bond donors (Lipinski definition) is 0. The molecule has 1 aromatic rings. The van der Waals surface area contributed by atoms with E-state index >= 15 is 0 Å². The fourth-order valence-corrected chi connectivity index (χ4v) is 5.31. The highest BCUT2D eigenvalue weighted by Crippen LogP contribution is 2.28. The molecular formula is C18H25N3O6S2. The van der Waals surface area contributed by atoms with Gasteiger partial charge in [0.25, 0.3) is 5.56 Å². The third kappa shape index (κ3) is 5.49. The van der Waals surface area contributed by atoms with E-state index in [9.17, 15) is 22.8 Å². The van der Waals surface area contributed by atoms with Gasteiger partial charge in [-0.2, -0.15) is 4.31 Å². The van der Waals surface area contributed by atoms with Gasteiger partial charge in [0.05, 0.1) is 28.9 Å². The van der Waals surface area contributed by atoms with Gasteiger partial charge >= 0.3 is 5.97 Å². The number of sulfonamides is 1. The maximum Gasteiger partial charge on any atom is 0.333 e. The van der Waals surface area contributed by atoms with Crippen molar-refractivity contribution in [3.05, 3.63) is 39.8 Å². The minimum atomic E-state index is -3.67. The van der Waals surface area contributed by atoms with Crippen molar-refractivity contribution in [2.24, 2.45) is 0 Å². The predicted molar refractivity (Wildman–Crippen MR) is 110 cm³/mol. The Balaban J connectivity index is 2.13. The van der Waals surface area contributed by atoms with Crippen molar-refractivity contribution in [3.63, 3.8) is 0 Å². The second-order valence-electron chi connectivity index (χ2n) is 6.18. The van der Waals surface area contributed by atoms with E-state index in [0.717, 1.165) is 0 Å². The zero-order chi connectivity index (χ0) is 21.6. The topological polar surface area (TPSA) is 106 Å². The second-order valence-corrected chi connectivity index (χ2v) is 9.11. The van der Waals surface area contributed by atoms with Crippen molar-refractivity contribution in [3.8, 4) is 0 Å². The molecule has 1 amide bonds. The van der Waals surface area contributed by atoms with Crippen molar-refractivity contribution in [1.29, 1.82) is 0 Å². The summed E-state index contributed by atoms with van der Waals surface area (Å²) in [6.45, 7) is 4.71. The molecule has 29 heavy (non-hydrogen) atoms. The van der Waals surface area contributed by atoms with Gasteiger partial charge in [-0.1, -0.05) is 25.6 Å². The Morgan fingerprint density at radius 3 is 2.55 bits per heavy atom. The summed E-state index contributed by atoms with van der Waals surface area (Å²) in [5, 5.41) is 0.507. The van der Waals surface area contributed by atoms with Crippen molar-refractivity contribution >= 4 is 33.7 Å². The lowest BCUT2D eigenvalue weighted by atomic mass is 10.3. The molecule has 0 N–H and O–H groups in total. The molecule has 9 nitrogen and oxygen atoms in total. The minimum absolute atomic E-state index is 0.0554. The number of carbonyl (C=O) groups is 2. The molecule has 11 heteroatoms. The molecule has 2 rings (SSSR count). The van der Waals surface area contributed by atoms with Crippen molar-refractivity contribution < 1.29 is 22.7 Å². The average Bonchev–Trinajstić information content (AvgIpc) is 3.03. The highest BCUT2D eigenvalue weighted by atomic mass is 32.2. The zero-order valence-corrected chi connectivity index (χ0v) is 18.3. The summed E-state index contributed by atoms with van der Waals surface area (Å²) in [4.78, 5) is 37.2. The molecule has 0 aliphatic carbocycles. The van der Waals surface area contributed by atoms with Crippen LogP contribution in [0.4, 0.5) is 0 Å². The lowest BCUT2D eigenvalue weighted by Gasteiger charge is -2.19. The largest absolute Gasteiger partial charge is 0.466 e. The first-order valence-corrected chi connectivity index (χ1v) is 11.6. The Morgan fingerprint density at radius 2 is 1.93 bits per heavy atom. The SMILES string of the molecule is CCN(CC)S(=O)(=O)c1ccc(=O)n(CCCN2C(=O)CS/C2=C\C(=O)OC)c1. The molecule has 1 saturated heterocycles. The zero-order valence-electron chi connectivity index (χ0n) is 16.7. The fraction of sp³-hybridized carbons (Fsp3) is 0.500. The van der Waals surface area contributed by atoms with E-state index in [1.54, 1.807) is 13.8 Å². The summed E-state index contributed by atoms with van der Waals surface area (Å²) in [5.41, 5.74) is -0.323. The molecule has 1 aliphatic rings. The van der Waals surface area contributed by atoms with E-state index in [-0.39, 0.29) is 28.7 Å². The number of hydrogen-bond acceptors (Lipinski definition) is 7. The van der Waals surface area contributed by atoms with Gasteiger partial charge in [-0.25, -0.2) is 13.2 Å². The van der Waals surface area contributed by atoms with Gasteiger partial charge in [0.1, 0.15) is 0 Å². The van der Waals surface area contributed by atoms with Gasteiger partial charge < -0.3 is 14.2 Å². The van der Waals surface area contributed by atoms with E-state index in [1.165, 1.54) is 57.0 Å². The number of amides is 1. The molecular weight excluding hydrogens is 418 g/mol. The number of pyridine rings is 1. The third-order valence-corrected chi connectivity index (χ3v) is 7.49. The number of aryl methyl sites for hydroxylation is 1.